The number of fused-ring (bicyclic) bond motifs is 1. The van der Waals surface area contributed by atoms with Crippen molar-refractivity contribution in [2.75, 3.05) is 0 Å². The molecule has 0 fully saturated rings. The molecule has 0 unspecified atom stereocenters. The van der Waals surface area contributed by atoms with Gasteiger partial charge in [-0.3, -0.25) is 4.79 Å². The van der Waals surface area contributed by atoms with E-state index in [1.165, 1.54) is 18.2 Å². The Morgan fingerprint density at radius 1 is 0.840 bits per heavy atom. The predicted octanol–water partition coefficient (Wildman–Crippen LogP) is 5.92. The third-order valence-electron chi connectivity index (χ3n) is 4.04. The van der Waals surface area contributed by atoms with Crippen LogP contribution in [-0.2, 0) is 0 Å². The highest BCUT2D eigenvalue weighted by Crippen LogP contribution is 2.33. The quantitative estimate of drug-likeness (QED) is 0.449. The molecule has 3 aromatic carbocycles. The van der Waals surface area contributed by atoms with Crippen molar-refractivity contribution < 1.29 is 8.81 Å². The van der Waals surface area contributed by atoms with Crippen LogP contribution < -0.4 is 5.43 Å². The molecule has 0 amide bonds. The molecule has 1 heterocycles. The molecule has 2 nitrogen and oxygen atoms in total. The highest BCUT2D eigenvalue weighted by Gasteiger charge is 2.18. The molecule has 0 N–H and O–H groups in total. The van der Waals surface area contributed by atoms with Gasteiger partial charge in [0, 0.05) is 5.56 Å². The normalized spacial score (nSPS) is 11.0. The molecule has 4 aromatic rings. The molecule has 0 atom stereocenters. The zero-order valence-corrected chi connectivity index (χ0v) is 13.8. The number of halogens is 2. The van der Waals surface area contributed by atoms with E-state index >= 15 is 0 Å². The molecular formula is C21H12ClFO2. The van der Waals surface area contributed by atoms with E-state index in [1.807, 2.05) is 36.4 Å². The molecule has 4 heteroatoms. The molecule has 4 rings (SSSR count). The van der Waals surface area contributed by atoms with Crippen LogP contribution in [0, 0.1) is 5.82 Å². The van der Waals surface area contributed by atoms with Gasteiger partial charge in [0.05, 0.1) is 16.0 Å². The van der Waals surface area contributed by atoms with E-state index in [1.54, 1.807) is 18.2 Å². The predicted molar refractivity (Wildman–Crippen MR) is 98.3 cm³/mol. The van der Waals surface area contributed by atoms with Crippen LogP contribution in [0.2, 0.25) is 5.02 Å². The van der Waals surface area contributed by atoms with Gasteiger partial charge < -0.3 is 4.42 Å². The fourth-order valence-corrected chi connectivity index (χ4v) is 3.03. The maximum Gasteiger partial charge on any atom is 0.201 e. The summed E-state index contributed by atoms with van der Waals surface area (Å²) >= 11 is 5.93. The van der Waals surface area contributed by atoms with Crippen LogP contribution in [0.4, 0.5) is 4.39 Å². The van der Waals surface area contributed by atoms with E-state index in [0.717, 1.165) is 5.56 Å². The van der Waals surface area contributed by atoms with E-state index < -0.39 is 5.82 Å². The summed E-state index contributed by atoms with van der Waals surface area (Å²) in [4.78, 5) is 13.1. The first-order valence-electron chi connectivity index (χ1n) is 7.72. The van der Waals surface area contributed by atoms with Gasteiger partial charge in [-0.15, -0.1) is 0 Å². The van der Waals surface area contributed by atoms with E-state index in [-0.39, 0.29) is 10.5 Å². The van der Waals surface area contributed by atoms with Crippen molar-refractivity contribution in [2.24, 2.45) is 0 Å². The molecule has 0 aliphatic carbocycles. The Morgan fingerprint density at radius 3 is 2.32 bits per heavy atom. The molecule has 0 aliphatic rings. The topological polar surface area (TPSA) is 30.2 Å². The van der Waals surface area contributed by atoms with Crippen LogP contribution in [-0.4, -0.2) is 0 Å². The van der Waals surface area contributed by atoms with Crippen molar-refractivity contribution in [3.05, 3.63) is 93.9 Å². The number of rotatable bonds is 2. The van der Waals surface area contributed by atoms with Crippen LogP contribution in [0.5, 0.6) is 0 Å². The third kappa shape index (κ3) is 2.73. The van der Waals surface area contributed by atoms with Gasteiger partial charge in [-0.2, -0.15) is 0 Å². The lowest BCUT2D eigenvalue weighted by Crippen LogP contribution is -2.07. The SMILES string of the molecule is O=c1c(-c2ccc(F)c(Cl)c2)c(-c2ccccc2)oc2ccccc12. The number of benzene rings is 3. The molecule has 0 aliphatic heterocycles. The smallest absolute Gasteiger partial charge is 0.201 e. The van der Waals surface area contributed by atoms with E-state index in [2.05, 4.69) is 0 Å². The van der Waals surface area contributed by atoms with Gasteiger partial charge >= 0.3 is 0 Å². The summed E-state index contributed by atoms with van der Waals surface area (Å²) < 4.78 is 19.6. The fourth-order valence-electron chi connectivity index (χ4n) is 2.85. The van der Waals surface area contributed by atoms with Crippen LogP contribution in [0.3, 0.4) is 0 Å². The van der Waals surface area contributed by atoms with Gasteiger partial charge in [0.15, 0.2) is 0 Å². The Balaban J connectivity index is 2.12. The van der Waals surface area contributed by atoms with Crippen molar-refractivity contribution in [3.63, 3.8) is 0 Å². The average Bonchev–Trinajstić information content (AvgIpc) is 2.65. The lowest BCUT2D eigenvalue weighted by atomic mass is 9.98. The Hall–Kier alpha value is -2.91. The van der Waals surface area contributed by atoms with E-state index in [4.69, 9.17) is 16.0 Å². The average molecular weight is 351 g/mol. The standard InChI is InChI=1S/C21H12ClFO2/c22-16-12-14(10-11-17(16)23)19-20(24)15-8-4-5-9-18(15)25-21(19)13-6-2-1-3-7-13/h1-12H. The summed E-state index contributed by atoms with van der Waals surface area (Å²) in [5, 5.41) is 0.432. The van der Waals surface area contributed by atoms with Crippen LogP contribution in [0.25, 0.3) is 33.4 Å². The highest BCUT2D eigenvalue weighted by atomic mass is 35.5. The summed E-state index contributed by atoms with van der Waals surface area (Å²) in [6.45, 7) is 0. The second kappa shape index (κ2) is 6.19. The summed E-state index contributed by atoms with van der Waals surface area (Å²) in [7, 11) is 0. The second-order valence-corrected chi connectivity index (χ2v) is 6.03. The fraction of sp³-hybridized carbons (Fsp3) is 0. The van der Waals surface area contributed by atoms with Gasteiger partial charge in [0.25, 0.3) is 0 Å². The largest absolute Gasteiger partial charge is 0.455 e. The van der Waals surface area contributed by atoms with Crippen molar-refractivity contribution >= 4 is 22.6 Å². The molecule has 0 spiro atoms. The first kappa shape index (κ1) is 15.6. The Morgan fingerprint density at radius 2 is 1.56 bits per heavy atom. The van der Waals surface area contributed by atoms with Gasteiger partial charge in [-0.25, -0.2) is 4.39 Å². The molecule has 0 bridgehead atoms. The zero-order valence-electron chi connectivity index (χ0n) is 13.0. The Labute approximate surface area is 148 Å². The molecule has 0 saturated heterocycles. The van der Waals surface area contributed by atoms with E-state index in [0.29, 0.717) is 27.9 Å². The number of hydrogen-bond donors (Lipinski definition) is 0. The minimum absolute atomic E-state index is 0.0379. The van der Waals surface area contributed by atoms with Gasteiger partial charge in [0.1, 0.15) is 17.2 Å². The van der Waals surface area contributed by atoms with Crippen molar-refractivity contribution in [3.8, 4) is 22.5 Å². The third-order valence-corrected chi connectivity index (χ3v) is 4.33. The maximum atomic E-state index is 13.6. The van der Waals surface area contributed by atoms with Gasteiger partial charge in [0.2, 0.25) is 5.43 Å². The number of para-hydroxylation sites is 1. The molecule has 1 aromatic heterocycles. The maximum absolute atomic E-state index is 13.6. The lowest BCUT2D eigenvalue weighted by molar-refractivity contribution is 0.620. The zero-order chi connectivity index (χ0) is 17.4. The monoisotopic (exact) mass is 350 g/mol. The second-order valence-electron chi connectivity index (χ2n) is 5.63. The van der Waals surface area contributed by atoms with Crippen LogP contribution in [0.15, 0.2) is 82.0 Å². The first-order valence-corrected chi connectivity index (χ1v) is 8.09. The Bertz CT molecular complexity index is 1130. The Kier molecular flexibility index (Phi) is 3.86. The molecule has 0 radical (unpaired) electrons. The van der Waals surface area contributed by atoms with Crippen LogP contribution >= 0.6 is 11.6 Å². The summed E-state index contributed by atoms with van der Waals surface area (Å²) in [6, 6.07) is 20.6. The van der Waals surface area contributed by atoms with Crippen molar-refractivity contribution in [1.82, 2.24) is 0 Å². The van der Waals surface area contributed by atoms with E-state index in [9.17, 15) is 9.18 Å². The molecular weight excluding hydrogens is 339 g/mol. The lowest BCUT2D eigenvalue weighted by Gasteiger charge is -2.11. The minimum Gasteiger partial charge on any atom is -0.455 e. The van der Waals surface area contributed by atoms with Crippen molar-refractivity contribution in [2.45, 2.75) is 0 Å². The van der Waals surface area contributed by atoms with Crippen molar-refractivity contribution in [1.29, 1.82) is 0 Å². The molecule has 0 saturated carbocycles. The molecule has 122 valence electrons. The molecule has 25 heavy (non-hydrogen) atoms. The minimum atomic E-state index is -0.531. The summed E-state index contributed by atoms with van der Waals surface area (Å²) in [5.74, 6) is -0.0937. The van der Waals surface area contributed by atoms with Gasteiger partial charge in [-0.05, 0) is 29.8 Å². The van der Waals surface area contributed by atoms with Crippen LogP contribution in [0.1, 0.15) is 0 Å². The summed E-state index contributed by atoms with van der Waals surface area (Å²) in [5.41, 5.74) is 1.98. The summed E-state index contributed by atoms with van der Waals surface area (Å²) in [6.07, 6.45) is 0. The highest BCUT2D eigenvalue weighted by molar-refractivity contribution is 6.31. The first-order chi connectivity index (χ1) is 12.1. The van der Waals surface area contributed by atoms with Gasteiger partial charge in [-0.1, -0.05) is 60.1 Å². The number of hydrogen-bond acceptors (Lipinski definition) is 2.